The van der Waals surface area contributed by atoms with Crippen molar-refractivity contribution in [1.29, 1.82) is 0 Å². The summed E-state index contributed by atoms with van der Waals surface area (Å²) in [5, 5.41) is 1.37. The predicted molar refractivity (Wildman–Crippen MR) is 116 cm³/mol. The van der Waals surface area contributed by atoms with E-state index in [0.717, 1.165) is 23.1 Å². The van der Waals surface area contributed by atoms with Crippen molar-refractivity contribution in [3.05, 3.63) is 64.3 Å². The Hall–Kier alpha value is -2.58. The van der Waals surface area contributed by atoms with Crippen molar-refractivity contribution in [2.24, 2.45) is 0 Å². The number of Topliss-reactive ketones (excluding diaryl/α,β-unsaturated/α-hetero) is 1. The molecule has 0 aliphatic carbocycles. The number of aromatic nitrogens is 3. The zero-order chi connectivity index (χ0) is 20.4. The number of fused-ring (bicyclic) bond motifs is 3. The molecule has 0 fully saturated rings. The van der Waals surface area contributed by atoms with Crippen LogP contribution in [-0.4, -0.2) is 26.1 Å². The van der Waals surface area contributed by atoms with Gasteiger partial charge in [0.15, 0.2) is 10.9 Å². The maximum absolute atomic E-state index is 13.1. The van der Waals surface area contributed by atoms with Gasteiger partial charge in [0.2, 0.25) is 0 Å². The molecule has 1 aromatic carbocycles. The zero-order valence-corrected chi connectivity index (χ0v) is 17.4. The molecule has 5 nitrogen and oxygen atoms in total. The Kier molecular flexibility index (Phi) is 5.73. The Morgan fingerprint density at radius 1 is 1.24 bits per heavy atom. The van der Waals surface area contributed by atoms with Gasteiger partial charge in [0.1, 0.15) is 15.3 Å². The van der Waals surface area contributed by atoms with Crippen LogP contribution in [0, 0.1) is 5.82 Å². The van der Waals surface area contributed by atoms with Crippen LogP contribution in [0.2, 0.25) is 0 Å². The van der Waals surface area contributed by atoms with Crippen molar-refractivity contribution in [3.63, 3.8) is 0 Å². The highest BCUT2D eigenvalue weighted by Gasteiger charge is 2.18. The predicted octanol–water partition coefficient (Wildman–Crippen LogP) is 4.92. The smallest absolute Gasteiger partial charge is 0.272 e. The summed E-state index contributed by atoms with van der Waals surface area (Å²) in [6.07, 6.45) is 3.48. The number of pyridine rings is 1. The minimum atomic E-state index is -0.382. The molecule has 0 aliphatic heterocycles. The van der Waals surface area contributed by atoms with Crippen LogP contribution in [0.15, 0.2) is 52.5 Å². The van der Waals surface area contributed by atoms with Gasteiger partial charge in [-0.2, -0.15) is 0 Å². The number of benzene rings is 1. The van der Waals surface area contributed by atoms with Gasteiger partial charge >= 0.3 is 0 Å². The zero-order valence-electron chi connectivity index (χ0n) is 15.7. The summed E-state index contributed by atoms with van der Waals surface area (Å²) in [6.45, 7) is 2.61. The molecule has 148 valence electrons. The molecule has 0 saturated carbocycles. The molecular weight excluding hydrogens is 409 g/mol. The highest BCUT2D eigenvalue weighted by atomic mass is 32.2. The molecule has 0 unspecified atom stereocenters. The SMILES string of the molecule is CCCCn1c(SCC(=O)c2ccc(F)cc2)nc2c(sc3ncccc32)c1=O. The third-order valence-electron chi connectivity index (χ3n) is 4.55. The van der Waals surface area contributed by atoms with Crippen LogP contribution < -0.4 is 5.56 Å². The molecule has 0 spiro atoms. The lowest BCUT2D eigenvalue weighted by Crippen LogP contribution is -2.23. The lowest BCUT2D eigenvalue weighted by atomic mass is 10.1. The van der Waals surface area contributed by atoms with E-state index in [1.54, 1.807) is 10.8 Å². The molecule has 0 N–H and O–H groups in total. The first kappa shape index (κ1) is 19.7. The Bertz CT molecular complexity index is 1250. The van der Waals surface area contributed by atoms with Gasteiger partial charge in [-0.15, -0.1) is 11.3 Å². The Morgan fingerprint density at radius 2 is 2.03 bits per heavy atom. The van der Waals surface area contributed by atoms with Gasteiger partial charge in [-0.1, -0.05) is 25.1 Å². The molecule has 8 heteroatoms. The fourth-order valence-corrected chi connectivity index (χ4v) is 4.96. The summed E-state index contributed by atoms with van der Waals surface area (Å²) in [4.78, 5) is 35.5. The normalized spacial score (nSPS) is 11.4. The van der Waals surface area contributed by atoms with Crippen LogP contribution in [0.3, 0.4) is 0 Å². The highest BCUT2D eigenvalue weighted by molar-refractivity contribution is 7.99. The summed E-state index contributed by atoms with van der Waals surface area (Å²) >= 11 is 2.59. The van der Waals surface area contributed by atoms with Crippen molar-refractivity contribution in [2.75, 3.05) is 5.75 Å². The quantitative estimate of drug-likeness (QED) is 0.238. The van der Waals surface area contributed by atoms with Gasteiger partial charge < -0.3 is 0 Å². The van der Waals surface area contributed by atoms with E-state index in [1.807, 2.05) is 12.1 Å². The maximum Gasteiger partial charge on any atom is 0.272 e. The minimum Gasteiger partial charge on any atom is -0.293 e. The molecule has 4 aromatic rings. The molecule has 0 amide bonds. The number of carbonyl (C=O) groups is 1. The Morgan fingerprint density at radius 3 is 2.79 bits per heavy atom. The summed E-state index contributed by atoms with van der Waals surface area (Å²) in [6, 6.07) is 9.20. The molecular formula is C21H18FN3O2S2. The first-order chi connectivity index (χ1) is 14.1. The van der Waals surface area contributed by atoms with Crippen molar-refractivity contribution < 1.29 is 9.18 Å². The molecule has 3 aromatic heterocycles. The number of nitrogens with zero attached hydrogens (tertiary/aromatic N) is 3. The number of carbonyl (C=O) groups excluding carboxylic acids is 1. The average molecular weight is 428 g/mol. The Labute approximate surface area is 174 Å². The monoisotopic (exact) mass is 427 g/mol. The lowest BCUT2D eigenvalue weighted by molar-refractivity contribution is 0.102. The number of hydrogen-bond acceptors (Lipinski definition) is 6. The highest BCUT2D eigenvalue weighted by Crippen LogP contribution is 2.30. The van der Waals surface area contributed by atoms with Crippen LogP contribution >= 0.6 is 23.1 Å². The standard InChI is InChI=1S/C21H18FN3O2S2/c1-2-3-11-25-20(27)18-17(15-5-4-10-23-19(15)29-18)24-21(25)28-12-16(26)13-6-8-14(22)9-7-13/h4-10H,2-3,11-12H2,1H3. The number of thioether (sulfide) groups is 1. The van der Waals surface area contributed by atoms with E-state index in [0.29, 0.717) is 27.5 Å². The lowest BCUT2D eigenvalue weighted by Gasteiger charge is -2.11. The van der Waals surface area contributed by atoms with Crippen molar-refractivity contribution >= 4 is 49.3 Å². The van der Waals surface area contributed by atoms with Crippen LogP contribution in [0.25, 0.3) is 20.4 Å². The number of ketones is 1. The van der Waals surface area contributed by atoms with E-state index in [2.05, 4.69) is 11.9 Å². The topological polar surface area (TPSA) is 64.8 Å². The molecule has 0 aliphatic rings. The van der Waals surface area contributed by atoms with Crippen molar-refractivity contribution in [3.8, 4) is 0 Å². The van der Waals surface area contributed by atoms with Crippen LogP contribution in [0.5, 0.6) is 0 Å². The first-order valence-electron chi connectivity index (χ1n) is 9.28. The van der Waals surface area contributed by atoms with Gasteiger partial charge in [-0.25, -0.2) is 14.4 Å². The number of unbranched alkanes of at least 4 members (excludes halogenated alkanes) is 1. The number of halogens is 1. The van der Waals surface area contributed by atoms with E-state index < -0.39 is 0 Å². The second-order valence-electron chi connectivity index (χ2n) is 6.56. The third kappa shape index (κ3) is 3.95. The van der Waals surface area contributed by atoms with Gasteiger partial charge in [0.25, 0.3) is 5.56 Å². The van der Waals surface area contributed by atoms with Gasteiger partial charge in [-0.3, -0.25) is 14.2 Å². The van der Waals surface area contributed by atoms with Gasteiger partial charge in [-0.05, 0) is 42.8 Å². The van der Waals surface area contributed by atoms with E-state index >= 15 is 0 Å². The van der Waals surface area contributed by atoms with E-state index in [9.17, 15) is 14.0 Å². The third-order valence-corrected chi connectivity index (χ3v) is 6.62. The fourth-order valence-electron chi connectivity index (χ4n) is 3.01. The summed E-state index contributed by atoms with van der Waals surface area (Å²) < 4.78 is 15.3. The fraction of sp³-hybridized carbons (Fsp3) is 0.238. The molecule has 0 bridgehead atoms. The first-order valence-corrected chi connectivity index (χ1v) is 11.1. The molecule has 0 radical (unpaired) electrons. The van der Waals surface area contributed by atoms with E-state index in [1.165, 1.54) is 47.4 Å². The van der Waals surface area contributed by atoms with E-state index in [4.69, 9.17) is 4.98 Å². The molecule has 0 saturated heterocycles. The second kappa shape index (κ2) is 8.42. The number of rotatable bonds is 7. The van der Waals surface area contributed by atoms with Gasteiger partial charge in [0, 0.05) is 23.7 Å². The number of hydrogen-bond donors (Lipinski definition) is 0. The minimum absolute atomic E-state index is 0.0943. The molecule has 3 heterocycles. The summed E-state index contributed by atoms with van der Waals surface area (Å²) in [7, 11) is 0. The van der Waals surface area contributed by atoms with Crippen LogP contribution in [0.4, 0.5) is 4.39 Å². The van der Waals surface area contributed by atoms with Crippen molar-refractivity contribution in [1.82, 2.24) is 14.5 Å². The molecule has 0 atom stereocenters. The molecule has 4 rings (SSSR count). The van der Waals surface area contributed by atoms with Gasteiger partial charge in [0.05, 0.1) is 11.3 Å². The Balaban J connectivity index is 1.72. The largest absolute Gasteiger partial charge is 0.293 e. The van der Waals surface area contributed by atoms with Crippen LogP contribution in [0.1, 0.15) is 30.1 Å². The van der Waals surface area contributed by atoms with Crippen LogP contribution in [-0.2, 0) is 6.54 Å². The molecule has 29 heavy (non-hydrogen) atoms. The second-order valence-corrected chi connectivity index (χ2v) is 8.50. The number of thiophene rings is 1. The summed E-state index contributed by atoms with van der Waals surface area (Å²) in [5.41, 5.74) is 0.975. The van der Waals surface area contributed by atoms with Crippen molar-refractivity contribution in [2.45, 2.75) is 31.5 Å². The average Bonchev–Trinajstić information content (AvgIpc) is 3.11. The van der Waals surface area contributed by atoms with E-state index in [-0.39, 0.29) is 22.9 Å². The summed E-state index contributed by atoms with van der Waals surface area (Å²) in [5.74, 6) is -0.397. The maximum atomic E-state index is 13.1.